The highest BCUT2D eigenvalue weighted by atomic mass is 16.1. The summed E-state index contributed by atoms with van der Waals surface area (Å²) in [6.07, 6.45) is 9.73. The predicted octanol–water partition coefficient (Wildman–Crippen LogP) is 3.78. The molecule has 4 rings (SSSR count). The van der Waals surface area contributed by atoms with E-state index in [9.17, 15) is 9.59 Å². The van der Waals surface area contributed by atoms with E-state index in [0.717, 1.165) is 56.3 Å². The molecule has 4 fully saturated rings. The van der Waals surface area contributed by atoms with Crippen molar-refractivity contribution in [2.24, 2.45) is 35.0 Å². The van der Waals surface area contributed by atoms with Gasteiger partial charge in [-0.25, -0.2) is 0 Å². The first-order valence-electron chi connectivity index (χ1n) is 8.63. The first-order chi connectivity index (χ1) is 9.58. The highest BCUT2D eigenvalue weighted by Gasteiger charge is 2.55. The molecule has 0 bridgehead atoms. The van der Waals surface area contributed by atoms with E-state index in [1.165, 1.54) is 19.3 Å². The van der Waals surface area contributed by atoms with Crippen LogP contribution in [-0.4, -0.2) is 11.6 Å². The van der Waals surface area contributed by atoms with E-state index in [0.29, 0.717) is 23.4 Å². The fourth-order valence-corrected chi connectivity index (χ4v) is 6.25. The molecule has 1 unspecified atom stereocenters. The summed E-state index contributed by atoms with van der Waals surface area (Å²) in [4.78, 5) is 24.0. The summed E-state index contributed by atoms with van der Waals surface area (Å²) in [5.41, 5.74) is 0.0124. The van der Waals surface area contributed by atoms with E-state index >= 15 is 0 Å². The Morgan fingerprint density at radius 3 is 2.65 bits per heavy atom. The Balaban J connectivity index is 1.57. The fraction of sp³-hybridized carbons (Fsp3) is 0.889. The molecule has 0 aromatic rings. The zero-order valence-corrected chi connectivity index (χ0v) is 12.6. The second-order valence-electron chi connectivity index (χ2n) is 8.22. The van der Waals surface area contributed by atoms with Crippen LogP contribution in [0.25, 0.3) is 0 Å². The van der Waals surface area contributed by atoms with E-state index < -0.39 is 0 Å². The van der Waals surface area contributed by atoms with E-state index in [2.05, 4.69) is 6.92 Å². The molecule has 0 aromatic heterocycles. The second kappa shape index (κ2) is 4.42. The largest absolute Gasteiger partial charge is 0.300 e. The molecule has 6 atom stereocenters. The smallest absolute Gasteiger partial charge is 0.139 e. The first kappa shape index (κ1) is 13.0. The number of Topliss-reactive ketones (excluding diaryl/α,β-unsaturated/α-hetero) is 2. The van der Waals surface area contributed by atoms with Crippen molar-refractivity contribution in [3.8, 4) is 0 Å². The van der Waals surface area contributed by atoms with Crippen LogP contribution in [0.1, 0.15) is 64.7 Å². The maximum Gasteiger partial charge on any atom is 0.139 e. The average molecular weight is 274 g/mol. The summed E-state index contributed by atoms with van der Waals surface area (Å²) in [5, 5.41) is 0. The summed E-state index contributed by atoms with van der Waals surface area (Å²) in [7, 11) is 0. The highest BCUT2D eigenvalue weighted by Crippen LogP contribution is 2.60. The topological polar surface area (TPSA) is 34.1 Å². The Labute approximate surface area is 121 Å². The van der Waals surface area contributed by atoms with Crippen molar-refractivity contribution >= 4 is 11.6 Å². The van der Waals surface area contributed by atoms with Gasteiger partial charge in [0.05, 0.1) is 0 Å². The van der Waals surface area contributed by atoms with Crippen LogP contribution in [0.15, 0.2) is 0 Å². The van der Waals surface area contributed by atoms with Crippen LogP contribution in [0.2, 0.25) is 0 Å². The Bertz CT molecular complexity index is 454. The van der Waals surface area contributed by atoms with Crippen molar-refractivity contribution in [3.05, 3.63) is 0 Å². The normalized spacial score (nSPS) is 51.4. The van der Waals surface area contributed by atoms with Gasteiger partial charge in [-0.2, -0.15) is 0 Å². The van der Waals surface area contributed by atoms with Crippen molar-refractivity contribution in [2.45, 2.75) is 64.7 Å². The molecule has 0 N–H and O–H groups in total. The molecule has 0 spiro atoms. The summed E-state index contributed by atoms with van der Waals surface area (Å²) < 4.78 is 0. The maximum atomic E-state index is 12.3. The Morgan fingerprint density at radius 2 is 1.80 bits per heavy atom. The molecule has 0 aromatic carbocycles. The van der Waals surface area contributed by atoms with Gasteiger partial charge in [-0.05, 0) is 68.1 Å². The van der Waals surface area contributed by atoms with Crippen LogP contribution in [0, 0.1) is 35.0 Å². The predicted molar refractivity (Wildman–Crippen MR) is 77.1 cm³/mol. The van der Waals surface area contributed by atoms with Gasteiger partial charge in [0.15, 0.2) is 0 Å². The SMILES string of the molecule is C[C@]12CC[C@@H]3C[C@@H]4CC(=O)CCC4C[C@H]3[C@@H]1CCC2=O. The van der Waals surface area contributed by atoms with Crippen molar-refractivity contribution in [1.82, 2.24) is 0 Å². The zero-order chi connectivity index (χ0) is 13.9. The quantitative estimate of drug-likeness (QED) is 0.673. The van der Waals surface area contributed by atoms with Crippen molar-refractivity contribution in [2.75, 3.05) is 0 Å². The Morgan fingerprint density at radius 1 is 0.950 bits per heavy atom. The Hall–Kier alpha value is -0.660. The van der Waals surface area contributed by atoms with E-state index in [4.69, 9.17) is 0 Å². The van der Waals surface area contributed by atoms with Gasteiger partial charge in [-0.3, -0.25) is 9.59 Å². The van der Waals surface area contributed by atoms with Crippen LogP contribution < -0.4 is 0 Å². The first-order valence-corrected chi connectivity index (χ1v) is 8.63. The van der Waals surface area contributed by atoms with Gasteiger partial charge in [0.2, 0.25) is 0 Å². The third kappa shape index (κ3) is 1.76. The molecule has 4 saturated carbocycles. The fourth-order valence-electron chi connectivity index (χ4n) is 6.25. The minimum Gasteiger partial charge on any atom is -0.300 e. The minimum atomic E-state index is 0.0124. The van der Waals surface area contributed by atoms with Crippen LogP contribution in [0.5, 0.6) is 0 Å². The number of ketones is 2. The van der Waals surface area contributed by atoms with E-state index in [1.807, 2.05) is 0 Å². The monoisotopic (exact) mass is 274 g/mol. The summed E-state index contributed by atoms with van der Waals surface area (Å²) >= 11 is 0. The van der Waals surface area contributed by atoms with Crippen LogP contribution in [0.4, 0.5) is 0 Å². The molecule has 4 aliphatic rings. The van der Waals surface area contributed by atoms with E-state index in [1.54, 1.807) is 0 Å². The summed E-state index contributed by atoms with van der Waals surface area (Å²) in [6.45, 7) is 2.25. The molecule has 2 nitrogen and oxygen atoms in total. The maximum absolute atomic E-state index is 12.3. The molecular weight excluding hydrogens is 248 g/mol. The number of carbonyl (C=O) groups is 2. The molecular formula is C18H26O2. The molecule has 2 heteroatoms. The number of hydrogen-bond acceptors (Lipinski definition) is 2. The number of rotatable bonds is 0. The van der Waals surface area contributed by atoms with Crippen LogP contribution in [-0.2, 0) is 9.59 Å². The number of carbonyl (C=O) groups excluding carboxylic acids is 2. The molecule has 0 heterocycles. The van der Waals surface area contributed by atoms with Gasteiger partial charge >= 0.3 is 0 Å². The molecule has 4 aliphatic carbocycles. The minimum absolute atomic E-state index is 0.0124. The number of hydrogen-bond donors (Lipinski definition) is 0. The van der Waals surface area contributed by atoms with Gasteiger partial charge in [0.1, 0.15) is 11.6 Å². The molecule has 0 radical (unpaired) electrons. The molecule has 20 heavy (non-hydrogen) atoms. The third-order valence-electron chi connectivity index (χ3n) is 7.43. The van der Waals surface area contributed by atoms with Crippen molar-refractivity contribution < 1.29 is 9.59 Å². The van der Waals surface area contributed by atoms with E-state index in [-0.39, 0.29) is 5.41 Å². The molecule has 0 aliphatic heterocycles. The average Bonchev–Trinajstić information content (AvgIpc) is 2.73. The lowest BCUT2D eigenvalue weighted by atomic mass is 9.52. The van der Waals surface area contributed by atoms with Crippen LogP contribution >= 0.6 is 0 Å². The van der Waals surface area contributed by atoms with Gasteiger partial charge < -0.3 is 0 Å². The Kier molecular flexibility index (Phi) is 2.88. The van der Waals surface area contributed by atoms with Gasteiger partial charge in [0.25, 0.3) is 0 Å². The molecule has 0 saturated heterocycles. The van der Waals surface area contributed by atoms with Crippen LogP contribution in [0.3, 0.4) is 0 Å². The summed E-state index contributed by atoms with van der Waals surface area (Å²) in [6, 6.07) is 0. The molecule has 0 amide bonds. The number of fused-ring (bicyclic) bond motifs is 4. The highest BCUT2D eigenvalue weighted by molar-refractivity contribution is 5.87. The lowest BCUT2D eigenvalue weighted by Gasteiger charge is -2.52. The lowest BCUT2D eigenvalue weighted by Crippen LogP contribution is -2.47. The molecule has 110 valence electrons. The van der Waals surface area contributed by atoms with Gasteiger partial charge in [0, 0.05) is 24.7 Å². The standard InChI is InChI=1S/C18H26O2/c1-18-7-6-12-8-13-9-14(19)3-2-11(13)10-15(12)16(18)4-5-17(18)20/h11-13,15-16H,2-10H2,1H3/t11?,12-,13-,15-,16+,18+/m1/s1. The van der Waals surface area contributed by atoms with Crippen molar-refractivity contribution in [3.63, 3.8) is 0 Å². The third-order valence-corrected chi connectivity index (χ3v) is 7.43. The van der Waals surface area contributed by atoms with Crippen molar-refractivity contribution in [1.29, 1.82) is 0 Å². The van der Waals surface area contributed by atoms with Gasteiger partial charge in [-0.15, -0.1) is 0 Å². The summed E-state index contributed by atoms with van der Waals surface area (Å²) in [5.74, 6) is 4.77. The zero-order valence-electron chi connectivity index (χ0n) is 12.6. The lowest BCUT2D eigenvalue weighted by molar-refractivity contribution is -0.132. The second-order valence-corrected chi connectivity index (χ2v) is 8.22. The van der Waals surface area contributed by atoms with Gasteiger partial charge in [-0.1, -0.05) is 6.92 Å².